The molecule has 1 aromatic carbocycles. The van der Waals surface area contributed by atoms with Crippen LogP contribution in [0.25, 0.3) is 22.4 Å². The lowest BCUT2D eigenvalue weighted by Gasteiger charge is -2.24. The normalized spacial score (nSPS) is 15.5. The van der Waals surface area contributed by atoms with Crippen molar-refractivity contribution in [1.82, 2.24) is 9.97 Å². The van der Waals surface area contributed by atoms with Crippen LogP contribution in [0.3, 0.4) is 0 Å². The van der Waals surface area contributed by atoms with E-state index in [0.717, 1.165) is 36.0 Å². The van der Waals surface area contributed by atoms with Crippen molar-refractivity contribution in [3.05, 3.63) is 83.3 Å². The fourth-order valence-corrected chi connectivity index (χ4v) is 6.24. The number of hydrogen-bond acceptors (Lipinski definition) is 7. The molecule has 0 spiro atoms. The Balaban J connectivity index is 1.28. The molecule has 2 aliphatic rings. The van der Waals surface area contributed by atoms with Gasteiger partial charge in [-0.05, 0) is 37.0 Å². The number of carbonyl (C=O) groups excluding carboxylic acids is 2. The van der Waals surface area contributed by atoms with Gasteiger partial charge in [0.1, 0.15) is 5.82 Å². The number of hydrogen-bond donors (Lipinski definition) is 1. The summed E-state index contributed by atoms with van der Waals surface area (Å²) in [6.07, 6.45) is 5.73. The SMILES string of the molecule is O=C(O)C[C@@H](Cc1cccc[n+]1[O-])C(=O)N(c1nc(-c2ccccc2-c2ccc(N3CCCC3=O)nc2)cs1)C1CC1. The summed E-state index contributed by atoms with van der Waals surface area (Å²) in [6, 6.07) is 16.5. The molecule has 214 valence electrons. The first-order chi connectivity index (χ1) is 20.4. The molecule has 2 fully saturated rings. The number of pyridine rings is 2. The van der Waals surface area contributed by atoms with Gasteiger partial charge in [-0.2, -0.15) is 4.73 Å². The average molecular weight is 584 g/mol. The Morgan fingerprint density at radius 2 is 1.90 bits per heavy atom. The Hall–Kier alpha value is -4.64. The quantitative estimate of drug-likeness (QED) is 0.215. The van der Waals surface area contributed by atoms with Gasteiger partial charge in [0.2, 0.25) is 11.8 Å². The minimum absolute atomic E-state index is 0.0196. The van der Waals surface area contributed by atoms with E-state index >= 15 is 0 Å². The molecule has 2 amide bonds. The number of amides is 2. The fraction of sp³-hybridized carbons (Fsp3) is 0.290. The molecular weight excluding hydrogens is 554 g/mol. The number of carboxylic acids is 1. The van der Waals surface area contributed by atoms with E-state index in [1.54, 1.807) is 34.2 Å². The molecular formula is C31H29N5O5S. The summed E-state index contributed by atoms with van der Waals surface area (Å²) >= 11 is 1.34. The molecule has 3 aromatic heterocycles. The standard InChI is InChI=1S/C31H29N5O5S/c37-28-9-5-14-34(28)27-13-10-20(18-32-27)24-7-1-2-8-25(24)26-19-42-31(33-26)36(22-11-12-22)30(40)21(17-29(38)39)16-23-6-3-4-15-35(23)41/h1-4,6-8,10,13,15,18-19,21-22H,5,9,11-12,14,16-17H2,(H,38,39)/t21-/m1/s1. The molecule has 4 aromatic rings. The highest BCUT2D eigenvalue weighted by molar-refractivity contribution is 7.14. The number of nitrogens with zero attached hydrogens (tertiary/aromatic N) is 5. The second kappa shape index (κ2) is 11.7. The van der Waals surface area contributed by atoms with Crippen LogP contribution in [-0.2, 0) is 20.8 Å². The van der Waals surface area contributed by atoms with Crippen molar-refractivity contribution < 1.29 is 24.2 Å². The summed E-state index contributed by atoms with van der Waals surface area (Å²) in [4.78, 5) is 50.5. The van der Waals surface area contributed by atoms with Gasteiger partial charge in [-0.1, -0.05) is 30.3 Å². The summed E-state index contributed by atoms with van der Waals surface area (Å²) in [5, 5.41) is 24.3. The monoisotopic (exact) mass is 583 g/mol. The van der Waals surface area contributed by atoms with Gasteiger partial charge in [0, 0.05) is 60.3 Å². The van der Waals surface area contributed by atoms with Crippen LogP contribution in [0, 0.1) is 11.1 Å². The van der Waals surface area contributed by atoms with Crippen LogP contribution in [-0.4, -0.2) is 45.4 Å². The zero-order valence-corrected chi connectivity index (χ0v) is 23.6. The van der Waals surface area contributed by atoms with Crippen LogP contribution in [0.2, 0.25) is 0 Å². The lowest BCUT2D eigenvalue weighted by atomic mass is 9.97. The Bertz CT molecular complexity index is 1630. The first kappa shape index (κ1) is 27.5. The van der Waals surface area contributed by atoms with E-state index in [1.807, 2.05) is 41.8 Å². The predicted molar refractivity (Wildman–Crippen MR) is 158 cm³/mol. The Labute approximate surface area is 246 Å². The van der Waals surface area contributed by atoms with Gasteiger partial charge < -0.3 is 10.3 Å². The molecule has 0 radical (unpaired) electrons. The molecule has 11 heteroatoms. The summed E-state index contributed by atoms with van der Waals surface area (Å²) in [7, 11) is 0. The molecule has 42 heavy (non-hydrogen) atoms. The van der Waals surface area contributed by atoms with Crippen LogP contribution < -0.4 is 14.5 Å². The first-order valence-electron chi connectivity index (χ1n) is 13.9. The Kier molecular flexibility index (Phi) is 7.66. The maximum absolute atomic E-state index is 13.9. The largest absolute Gasteiger partial charge is 0.619 e. The van der Waals surface area contributed by atoms with E-state index < -0.39 is 11.9 Å². The van der Waals surface area contributed by atoms with Crippen molar-refractivity contribution in [2.45, 2.75) is 44.6 Å². The van der Waals surface area contributed by atoms with Gasteiger partial charge in [-0.25, -0.2) is 9.97 Å². The van der Waals surface area contributed by atoms with Gasteiger partial charge in [0.05, 0.1) is 18.0 Å². The van der Waals surface area contributed by atoms with Gasteiger partial charge in [0.25, 0.3) is 0 Å². The molecule has 1 saturated heterocycles. The van der Waals surface area contributed by atoms with E-state index in [2.05, 4.69) is 4.98 Å². The van der Waals surface area contributed by atoms with Crippen molar-refractivity contribution in [3.8, 4) is 22.4 Å². The molecule has 0 bridgehead atoms. The number of aliphatic carboxylic acids is 1. The third-order valence-corrected chi connectivity index (χ3v) is 8.43. The number of carbonyl (C=O) groups is 3. The highest BCUT2D eigenvalue weighted by atomic mass is 32.1. The van der Waals surface area contributed by atoms with Gasteiger partial charge in [-0.3, -0.25) is 24.2 Å². The average Bonchev–Trinajstić information content (AvgIpc) is 3.54. The van der Waals surface area contributed by atoms with Crippen molar-refractivity contribution in [2.24, 2.45) is 5.92 Å². The minimum atomic E-state index is -1.10. The van der Waals surface area contributed by atoms with E-state index in [9.17, 15) is 24.7 Å². The van der Waals surface area contributed by atoms with Gasteiger partial charge >= 0.3 is 5.97 Å². The summed E-state index contributed by atoms with van der Waals surface area (Å²) < 4.78 is 0.673. The molecule has 6 rings (SSSR count). The van der Waals surface area contributed by atoms with Gasteiger partial charge in [0.15, 0.2) is 17.0 Å². The lowest BCUT2D eigenvalue weighted by molar-refractivity contribution is -0.614. The second-order valence-electron chi connectivity index (χ2n) is 10.6. The van der Waals surface area contributed by atoms with Crippen LogP contribution in [0.15, 0.2) is 72.4 Å². The van der Waals surface area contributed by atoms with E-state index in [4.69, 9.17) is 4.98 Å². The lowest BCUT2D eigenvalue weighted by Crippen LogP contribution is -2.41. The number of anilines is 2. The molecule has 1 atom stereocenters. The highest BCUT2D eigenvalue weighted by Gasteiger charge is 2.40. The highest BCUT2D eigenvalue weighted by Crippen LogP contribution is 2.39. The number of aromatic nitrogens is 3. The van der Waals surface area contributed by atoms with Crippen LogP contribution in [0.5, 0.6) is 0 Å². The van der Waals surface area contributed by atoms with Crippen LogP contribution in [0.4, 0.5) is 10.9 Å². The van der Waals surface area contributed by atoms with Crippen LogP contribution >= 0.6 is 11.3 Å². The summed E-state index contributed by atoms with van der Waals surface area (Å²) in [6.45, 7) is 0.676. The molecule has 4 heterocycles. The predicted octanol–water partition coefficient (Wildman–Crippen LogP) is 4.46. The molecule has 10 nitrogen and oxygen atoms in total. The van der Waals surface area contributed by atoms with Crippen molar-refractivity contribution in [2.75, 3.05) is 16.3 Å². The number of benzene rings is 1. The van der Waals surface area contributed by atoms with Crippen molar-refractivity contribution in [3.63, 3.8) is 0 Å². The maximum atomic E-state index is 13.9. The molecule has 1 saturated carbocycles. The fourth-order valence-electron chi connectivity index (χ4n) is 5.34. The summed E-state index contributed by atoms with van der Waals surface area (Å²) in [5.41, 5.74) is 3.70. The summed E-state index contributed by atoms with van der Waals surface area (Å²) in [5.74, 6) is -1.62. The number of rotatable bonds is 10. The number of thiazole rings is 1. The van der Waals surface area contributed by atoms with E-state index in [0.29, 0.717) is 40.0 Å². The zero-order chi connectivity index (χ0) is 29.2. The minimum Gasteiger partial charge on any atom is -0.619 e. The molecule has 1 aliphatic heterocycles. The topological polar surface area (TPSA) is 131 Å². The third kappa shape index (κ3) is 5.73. The van der Waals surface area contributed by atoms with Crippen LogP contribution in [0.1, 0.15) is 37.8 Å². The first-order valence-corrected chi connectivity index (χ1v) is 14.8. The van der Waals surface area contributed by atoms with E-state index in [-0.39, 0.29) is 30.7 Å². The second-order valence-corrected chi connectivity index (χ2v) is 11.4. The van der Waals surface area contributed by atoms with E-state index in [1.165, 1.54) is 17.5 Å². The third-order valence-electron chi connectivity index (χ3n) is 7.59. The molecule has 1 N–H and O–H groups in total. The van der Waals surface area contributed by atoms with Gasteiger partial charge in [-0.15, -0.1) is 11.3 Å². The van der Waals surface area contributed by atoms with Crippen molar-refractivity contribution >= 4 is 40.1 Å². The van der Waals surface area contributed by atoms with Crippen molar-refractivity contribution in [1.29, 1.82) is 0 Å². The molecule has 0 unspecified atom stereocenters. The molecule has 1 aliphatic carbocycles. The smallest absolute Gasteiger partial charge is 0.304 e. The Morgan fingerprint density at radius 1 is 1.12 bits per heavy atom. The zero-order valence-electron chi connectivity index (χ0n) is 22.8. The Morgan fingerprint density at radius 3 is 2.57 bits per heavy atom. The maximum Gasteiger partial charge on any atom is 0.304 e. The number of carboxylic acid groups (broad SMARTS) is 1.